The number of nitrogens with one attached hydrogen (secondary N) is 1. The molecule has 0 amide bonds. The smallest absolute Gasteiger partial charge is 0.343 e. The summed E-state index contributed by atoms with van der Waals surface area (Å²) in [5, 5.41) is 6.71. The molecule has 0 radical (unpaired) electrons. The van der Waals surface area contributed by atoms with Gasteiger partial charge in [0.1, 0.15) is 5.82 Å². The average Bonchev–Trinajstić information content (AvgIpc) is 3.01. The van der Waals surface area contributed by atoms with Gasteiger partial charge in [-0.3, -0.25) is 5.43 Å². The van der Waals surface area contributed by atoms with Crippen molar-refractivity contribution < 1.29 is 19.0 Å². The predicted octanol–water partition coefficient (Wildman–Crippen LogP) is 2.78. The Kier molecular flexibility index (Phi) is 6.84. The highest BCUT2D eigenvalue weighted by atomic mass is 35.5. The van der Waals surface area contributed by atoms with Gasteiger partial charge in [-0.25, -0.2) is 9.78 Å². The van der Waals surface area contributed by atoms with E-state index in [1.807, 2.05) is 6.92 Å². The molecule has 0 aliphatic heterocycles. The van der Waals surface area contributed by atoms with Gasteiger partial charge in [0, 0.05) is 17.0 Å². The van der Waals surface area contributed by atoms with Crippen LogP contribution in [0.4, 0.5) is 10.9 Å². The normalized spacial score (nSPS) is 10.7. The molecule has 0 atom stereocenters. The third-order valence-corrected chi connectivity index (χ3v) is 3.91. The van der Waals surface area contributed by atoms with Crippen molar-refractivity contribution in [1.29, 1.82) is 0 Å². The first-order valence-corrected chi connectivity index (χ1v) is 8.45. The first kappa shape index (κ1) is 18.8. The Morgan fingerprint density at radius 3 is 2.84 bits per heavy atom. The summed E-state index contributed by atoms with van der Waals surface area (Å²) in [7, 11) is 1.28. The molecule has 0 unspecified atom stereocenters. The number of methoxy groups -OCH3 is 1. The zero-order valence-corrected chi connectivity index (χ0v) is 15.2. The zero-order valence-electron chi connectivity index (χ0n) is 13.6. The van der Waals surface area contributed by atoms with Crippen LogP contribution in [0.5, 0.6) is 11.5 Å². The van der Waals surface area contributed by atoms with E-state index < -0.39 is 5.97 Å². The number of aromatic nitrogens is 1. The van der Waals surface area contributed by atoms with Crippen molar-refractivity contribution in [2.45, 2.75) is 6.92 Å². The quantitative estimate of drug-likeness (QED) is 0.409. The van der Waals surface area contributed by atoms with Crippen LogP contribution in [0, 0.1) is 0 Å². The van der Waals surface area contributed by atoms with Crippen LogP contribution in [0.25, 0.3) is 0 Å². The lowest BCUT2D eigenvalue weighted by molar-refractivity contribution is -0.142. The molecule has 0 aliphatic rings. The summed E-state index contributed by atoms with van der Waals surface area (Å²) in [6.45, 7) is 2.01. The van der Waals surface area contributed by atoms with Gasteiger partial charge < -0.3 is 19.9 Å². The van der Waals surface area contributed by atoms with E-state index in [9.17, 15) is 4.79 Å². The maximum Gasteiger partial charge on any atom is 0.343 e. The van der Waals surface area contributed by atoms with E-state index in [0.717, 1.165) is 0 Å². The minimum Gasteiger partial charge on any atom is -0.490 e. The number of nitrogen functional groups attached to an aromatic ring is 1. The fourth-order valence-electron chi connectivity index (χ4n) is 1.72. The molecule has 134 valence electrons. The molecule has 0 spiro atoms. The number of nitrogens with zero attached hydrogens (tertiary/aromatic N) is 2. The number of benzene rings is 1. The Morgan fingerprint density at radius 1 is 1.44 bits per heavy atom. The molecular weight excluding hydrogens is 368 g/mol. The summed E-state index contributed by atoms with van der Waals surface area (Å²) in [6, 6.07) is 3.22. The lowest BCUT2D eigenvalue weighted by Crippen LogP contribution is -2.13. The van der Waals surface area contributed by atoms with Crippen molar-refractivity contribution in [3.63, 3.8) is 0 Å². The number of rotatable bonds is 8. The molecule has 0 bridgehead atoms. The van der Waals surface area contributed by atoms with Crippen molar-refractivity contribution in [3.8, 4) is 11.5 Å². The first-order chi connectivity index (χ1) is 12.0. The van der Waals surface area contributed by atoms with E-state index in [1.54, 1.807) is 17.5 Å². The van der Waals surface area contributed by atoms with Crippen molar-refractivity contribution in [3.05, 3.63) is 28.1 Å². The average molecular weight is 385 g/mol. The maximum atomic E-state index is 11.2. The number of hydrogen-bond acceptors (Lipinski definition) is 9. The molecule has 1 heterocycles. The van der Waals surface area contributed by atoms with E-state index in [0.29, 0.717) is 39.6 Å². The highest BCUT2D eigenvalue weighted by molar-refractivity contribution is 7.14. The van der Waals surface area contributed by atoms with Crippen LogP contribution in [-0.4, -0.2) is 37.5 Å². The molecule has 1 aromatic carbocycles. The number of ether oxygens (including phenoxy) is 3. The van der Waals surface area contributed by atoms with Crippen LogP contribution in [-0.2, 0) is 9.53 Å². The largest absolute Gasteiger partial charge is 0.490 e. The van der Waals surface area contributed by atoms with Gasteiger partial charge in [0.25, 0.3) is 0 Å². The zero-order chi connectivity index (χ0) is 18.2. The number of nitrogens with two attached hydrogens (primary N) is 1. The Hall–Kier alpha value is -2.52. The van der Waals surface area contributed by atoms with Gasteiger partial charge in [-0.05, 0) is 13.0 Å². The minimum atomic E-state index is -0.504. The van der Waals surface area contributed by atoms with Crippen LogP contribution < -0.4 is 20.6 Å². The number of carbonyl (C=O) groups is 1. The SMILES string of the molecule is CCOc1cc(C=NNc2nc(N)cs2)c(Cl)cc1OCC(=O)OC. The highest BCUT2D eigenvalue weighted by Gasteiger charge is 2.12. The van der Waals surface area contributed by atoms with Gasteiger partial charge >= 0.3 is 5.97 Å². The highest BCUT2D eigenvalue weighted by Crippen LogP contribution is 2.33. The number of carbonyl (C=O) groups excluding carboxylic acids is 1. The van der Waals surface area contributed by atoms with E-state index in [-0.39, 0.29) is 6.61 Å². The van der Waals surface area contributed by atoms with Crippen LogP contribution >= 0.6 is 22.9 Å². The van der Waals surface area contributed by atoms with Gasteiger partial charge in [-0.2, -0.15) is 5.10 Å². The second kappa shape index (κ2) is 9.09. The molecule has 0 fully saturated rings. The van der Waals surface area contributed by atoms with E-state index in [2.05, 4.69) is 20.2 Å². The van der Waals surface area contributed by atoms with E-state index >= 15 is 0 Å². The molecule has 0 aliphatic carbocycles. The summed E-state index contributed by atoms with van der Waals surface area (Å²) < 4.78 is 15.5. The Labute approximate surface area is 153 Å². The van der Waals surface area contributed by atoms with Gasteiger partial charge in [-0.1, -0.05) is 11.6 Å². The van der Waals surface area contributed by atoms with Crippen LogP contribution in [0.2, 0.25) is 5.02 Å². The molecule has 1 aromatic heterocycles. The van der Waals surface area contributed by atoms with Gasteiger partial charge in [0.05, 0.1) is 25.0 Å². The number of hydrazone groups is 1. The van der Waals surface area contributed by atoms with Gasteiger partial charge in [0.15, 0.2) is 18.1 Å². The standard InChI is InChI=1S/C15H17ClN4O4S/c1-3-23-11-4-9(6-18-20-15-19-13(17)8-25-15)10(16)5-12(11)24-7-14(21)22-2/h4-6,8H,3,7,17H2,1-2H3,(H,19,20). The molecule has 25 heavy (non-hydrogen) atoms. The summed E-state index contributed by atoms with van der Waals surface area (Å²) in [5.74, 6) is 0.702. The molecule has 0 saturated carbocycles. The van der Waals surface area contributed by atoms with Gasteiger partial charge in [0.2, 0.25) is 5.13 Å². The summed E-state index contributed by atoms with van der Waals surface area (Å²) >= 11 is 7.56. The Balaban J connectivity index is 2.14. The number of thiazole rings is 1. The molecule has 3 N–H and O–H groups in total. The van der Waals surface area contributed by atoms with Crippen LogP contribution in [0.3, 0.4) is 0 Å². The van der Waals surface area contributed by atoms with E-state index in [4.69, 9.17) is 26.8 Å². The maximum absolute atomic E-state index is 11.2. The van der Waals surface area contributed by atoms with E-state index in [1.165, 1.54) is 24.7 Å². The van der Waals surface area contributed by atoms with Crippen molar-refractivity contribution in [1.82, 2.24) is 4.98 Å². The molecule has 2 aromatic rings. The van der Waals surface area contributed by atoms with Crippen LogP contribution in [0.1, 0.15) is 12.5 Å². The fourth-order valence-corrected chi connectivity index (χ4v) is 2.47. The molecule has 8 nitrogen and oxygen atoms in total. The van der Waals surface area contributed by atoms with Gasteiger partial charge in [-0.15, -0.1) is 11.3 Å². The second-order valence-corrected chi connectivity index (χ2v) is 5.83. The van der Waals surface area contributed by atoms with Crippen molar-refractivity contribution >= 4 is 46.1 Å². The number of hydrogen-bond donors (Lipinski definition) is 2. The fraction of sp³-hybridized carbons (Fsp3) is 0.267. The lowest BCUT2D eigenvalue weighted by atomic mass is 10.2. The van der Waals surface area contributed by atoms with Crippen LogP contribution in [0.15, 0.2) is 22.6 Å². The second-order valence-electron chi connectivity index (χ2n) is 4.57. The Morgan fingerprint density at radius 2 is 2.20 bits per heavy atom. The molecule has 0 saturated heterocycles. The number of halogens is 1. The topological polar surface area (TPSA) is 108 Å². The number of anilines is 2. The van der Waals surface area contributed by atoms with Crippen molar-refractivity contribution in [2.75, 3.05) is 31.5 Å². The summed E-state index contributed by atoms with van der Waals surface area (Å²) in [5.41, 5.74) is 8.90. The summed E-state index contributed by atoms with van der Waals surface area (Å²) in [6.07, 6.45) is 1.52. The third kappa shape index (κ3) is 5.50. The van der Waals surface area contributed by atoms with Crippen molar-refractivity contribution in [2.24, 2.45) is 5.10 Å². The third-order valence-electron chi connectivity index (χ3n) is 2.82. The monoisotopic (exact) mass is 384 g/mol. The first-order valence-electron chi connectivity index (χ1n) is 7.19. The Bertz CT molecular complexity index is 766. The molecular formula is C15H17ClN4O4S. The molecule has 10 heteroatoms. The lowest BCUT2D eigenvalue weighted by Gasteiger charge is -2.13. The molecule has 2 rings (SSSR count). The summed E-state index contributed by atoms with van der Waals surface area (Å²) in [4.78, 5) is 15.2. The number of esters is 1. The minimum absolute atomic E-state index is 0.243. The predicted molar refractivity (Wildman–Crippen MR) is 97.9 cm³/mol.